The first kappa shape index (κ1) is 17.4. The van der Waals surface area contributed by atoms with Crippen LogP contribution < -0.4 is 5.32 Å². The zero-order chi connectivity index (χ0) is 19.2. The van der Waals surface area contributed by atoms with E-state index < -0.39 is 23.2 Å². The lowest BCUT2D eigenvalue weighted by Gasteiger charge is -2.23. The summed E-state index contributed by atoms with van der Waals surface area (Å²) in [5.41, 5.74) is -0.335. The molecule has 1 aliphatic carbocycles. The van der Waals surface area contributed by atoms with Crippen LogP contribution in [0, 0.1) is 24.1 Å². The number of carboxylic acid groups (broad SMARTS) is 1. The average Bonchev–Trinajstić information content (AvgIpc) is 3.30. The molecule has 1 aromatic carbocycles. The number of anilines is 1. The van der Waals surface area contributed by atoms with Gasteiger partial charge in [0.15, 0.2) is 5.82 Å². The number of rotatable bonds is 3. The first-order valence-corrected chi connectivity index (χ1v) is 8.75. The summed E-state index contributed by atoms with van der Waals surface area (Å²) < 4.78 is 15.4. The molecule has 2 aromatic rings. The van der Waals surface area contributed by atoms with Crippen LogP contribution in [0.25, 0.3) is 5.69 Å². The first-order chi connectivity index (χ1) is 12.9. The van der Waals surface area contributed by atoms with Gasteiger partial charge in [-0.05, 0) is 54.3 Å². The molecule has 9 nitrogen and oxygen atoms in total. The Labute approximate surface area is 154 Å². The summed E-state index contributed by atoms with van der Waals surface area (Å²) in [4.78, 5) is 25.9. The molecule has 4 rings (SSSR count). The van der Waals surface area contributed by atoms with Crippen LogP contribution in [0.15, 0.2) is 18.2 Å². The van der Waals surface area contributed by atoms with Gasteiger partial charge in [0.05, 0.1) is 5.41 Å². The predicted molar refractivity (Wildman–Crippen MR) is 91.9 cm³/mol. The van der Waals surface area contributed by atoms with Crippen LogP contribution in [0.5, 0.6) is 0 Å². The fourth-order valence-electron chi connectivity index (χ4n) is 4.20. The van der Waals surface area contributed by atoms with Gasteiger partial charge in [0.1, 0.15) is 11.5 Å². The standard InChI is InChI=1S/C17H19FN6O3/c1-10-20-21-22-24(10)14-7-12(4-5-13(14)18)19-16(27)23-8-11-3-2-6-17(11,9-23)15(25)26/h4-5,7,11H,2-3,6,8-9H2,1H3,(H,19,27)(H,25,26)/t11-,17+/m0/s1. The number of aliphatic carboxylic acids is 1. The minimum atomic E-state index is -0.838. The summed E-state index contributed by atoms with van der Waals surface area (Å²) in [6.07, 6.45) is 2.28. The Kier molecular flexibility index (Phi) is 4.05. The lowest BCUT2D eigenvalue weighted by molar-refractivity contribution is -0.149. The molecule has 1 aromatic heterocycles. The molecule has 2 aliphatic rings. The molecular weight excluding hydrogens is 355 g/mol. The molecular formula is C17H19FN6O3. The van der Waals surface area contributed by atoms with Crippen LogP contribution >= 0.6 is 0 Å². The quantitative estimate of drug-likeness (QED) is 0.847. The smallest absolute Gasteiger partial charge is 0.321 e. The molecule has 1 aliphatic heterocycles. The Hall–Kier alpha value is -3.04. The molecule has 2 fully saturated rings. The van der Waals surface area contributed by atoms with Crippen LogP contribution in [0.3, 0.4) is 0 Å². The highest BCUT2D eigenvalue weighted by Gasteiger charge is 2.55. The molecule has 27 heavy (non-hydrogen) atoms. The third-order valence-electron chi connectivity index (χ3n) is 5.63. The highest BCUT2D eigenvalue weighted by molar-refractivity contribution is 5.91. The van der Waals surface area contributed by atoms with E-state index in [0.717, 1.165) is 12.8 Å². The third-order valence-corrected chi connectivity index (χ3v) is 5.63. The maximum Gasteiger partial charge on any atom is 0.321 e. The van der Waals surface area contributed by atoms with Gasteiger partial charge in [-0.15, -0.1) is 5.10 Å². The molecule has 0 unspecified atom stereocenters. The van der Waals surface area contributed by atoms with Crippen LogP contribution in [0.4, 0.5) is 14.9 Å². The molecule has 2 atom stereocenters. The fourth-order valence-corrected chi connectivity index (χ4v) is 4.20. The number of carbonyl (C=O) groups excluding carboxylic acids is 1. The number of amides is 2. The van der Waals surface area contributed by atoms with E-state index in [0.29, 0.717) is 24.5 Å². The molecule has 0 spiro atoms. The van der Waals surface area contributed by atoms with Gasteiger partial charge in [0.2, 0.25) is 0 Å². The van der Waals surface area contributed by atoms with Gasteiger partial charge in [0.25, 0.3) is 0 Å². The number of hydrogen-bond acceptors (Lipinski definition) is 5. The van der Waals surface area contributed by atoms with Gasteiger partial charge in [-0.1, -0.05) is 6.42 Å². The summed E-state index contributed by atoms with van der Waals surface area (Å²) in [5.74, 6) is -0.969. The van der Waals surface area contributed by atoms with Crippen molar-refractivity contribution in [3.63, 3.8) is 0 Å². The maximum atomic E-state index is 14.1. The predicted octanol–water partition coefficient (Wildman–Crippen LogP) is 1.83. The van der Waals surface area contributed by atoms with E-state index in [4.69, 9.17) is 0 Å². The summed E-state index contributed by atoms with van der Waals surface area (Å²) in [6.45, 7) is 2.25. The lowest BCUT2D eigenvalue weighted by Crippen LogP contribution is -2.38. The first-order valence-electron chi connectivity index (χ1n) is 8.75. The number of benzene rings is 1. The monoisotopic (exact) mass is 374 g/mol. The number of carbonyl (C=O) groups is 2. The van der Waals surface area contributed by atoms with E-state index in [2.05, 4.69) is 20.8 Å². The second-order valence-electron chi connectivity index (χ2n) is 7.17. The molecule has 0 radical (unpaired) electrons. The number of tetrazole rings is 1. The van der Waals surface area contributed by atoms with E-state index in [1.807, 2.05) is 0 Å². The van der Waals surface area contributed by atoms with Gasteiger partial charge in [-0.3, -0.25) is 4.79 Å². The number of aryl methyl sites for hydroxylation is 1. The van der Waals surface area contributed by atoms with Crippen LogP contribution in [0.2, 0.25) is 0 Å². The van der Waals surface area contributed by atoms with Crippen LogP contribution in [-0.2, 0) is 4.79 Å². The second kappa shape index (κ2) is 6.29. The summed E-state index contributed by atoms with van der Waals surface area (Å²) >= 11 is 0. The fraction of sp³-hybridized carbons (Fsp3) is 0.471. The molecule has 10 heteroatoms. The summed E-state index contributed by atoms with van der Waals surface area (Å²) in [7, 11) is 0. The van der Waals surface area contributed by atoms with E-state index >= 15 is 0 Å². The number of hydrogen-bond donors (Lipinski definition) is 2. The van der Waals surface area contributed by atoms with Crippen molar-refractivity contribution in [2.24, 2.45) is 11.3 Å². The Balaban J connectivity index is 1.53. The number of nitrogens with one attached hydrogen (secondary N) is 1. The van der Waals surface area contributed by atoms with Crippen LogP contribution in [-0.4, -0.2) is 55.3 Å². The van der Waals surface area contributed by atoms with E-state index in [1.165, 1.54) is 27.8 Å². The Morgan fingerprint density at radius 1 is 1.41 bits per heavy atom. The average molecular weight is 374 g/mol. The molecule has 1 saturated heterocycles. The van der Waals surface area contributed by atoms with Crippen molar-refractivity contribution in [1.29, 1.82) is 0 Å². The molecule has 1 saturated carbocycles. The van der Waals surface area contributed by atoms with E-state index in [-0.39, 0.29) is 18.2 Å². The van der Waals surface area contributed by atoms with Crippen molar-refractivity contribution in [2.45, 2.75) is 26.2 Å². The molecule has 2 N–H and O–H groups in total. The number of nitrogens with zero attached hydrogens (tertiary/aromatic N) is 5. The summed E-state index contributed by atoms with van der Waals surface area (Å²) in [6, 6.07) is 3.72. The van der Waals surface area contributed by atoms with Gasteiger partial charge in [-0.2, -0.15) is 4.68 Å². The Morgan fingerprint density at radius 3 is 2.89 bits per heavy atom. The lowest BCUT2D eigenvalue weighted by atomic mass is 9.81. The zero-order valence-corrected chi connectivity index (χ0v) is 14.7. The number of halogens is 1. The molecule has 0 bridgehead atoms. The second-order valence-corrected chi connectivity index (χ2v) is 7.17. The largest absolute Gasteiger partial charge is 0.481 e. The Morgan fingerprint density at radius 2 is 2.22 bits per heavy atom. The van der Waals surface area contributed by atoms with Gasteiger partial charge < -0.3 is 15.3 Å². The van der Waals surface area contributed by atoms with Crippen molar-refractivity contribution in [3.8, 4) is 5.69 Å². The topological polar surface area (TPSA) is 113 Å². The molecule has 2 heterocycles. The number of urea groups is 1. The normalized spacial score (nSPS) is 24.1. The zero-order valence-electron chi connectivity index (χ0n) is 14.7. The number of fused-ring (bicyclic) bond motifs is 1. The van der Waals surface area contributed by atoms with Crippen molar-refractivity contribution in [3.05, 3.63) is 29.8 Å². The van der Waals surface area contributed by atoms with Gasteiger partial charge >= 0.3 is 12.0 Å². The molecule has 142 valence electrons. The highest BCUT2D eigenvalue weighted by Crippen LogP contribution is 2.48. The third kappa shape index (κ3) is 2.81. The minimum absolute atomic E-state index is 0.0200. The number of aromatic nitrogens is 4. The maximum absolute atomic E-state index is 14.1. The van der Waals surface area contributed by atoms with Crippen LogP contribution in [0.1, 0.15) is 25.1 Å². The van der Waals surface area contributed by atoms with Gasteiger partial charge in [-0.25, -0.2) is 9.18 Å². The van der Waals surface area contributed by atoms with E-state index in [1.54, 1.807) is 6.92 Å². The number of carboxylic acids is 1. The SMILES string of the molecule is Cc1nnnn1-c1cc(NC(=O)N2C[C@@H]3CCC[C@@]3(C(=O)O)C2)ccc1F. The Bertz CT molecular complexity index is 916. The number of likely N-dealkylation sites (tertiary alicyclic amines) is 1. The van der Waals surface area contributed by atoms with Crippen molar-refractivity contribution >= 4 is 17.7 Å². The van der Waals surface area contributed by atoms with Crippen molar-refractivity contribution in [2.75, 3.05) is 18.4 Å². The van der Waals surface area contributed by atoms with E-state index in [9.17, 15) is 19.1 Å². The summed E-state index contributed by atoms with van der Waals surface area (Å²) in [5, 5.41) is 23.3. The molecule has 2 amide bonds. The minimum Gasteiger partial charge on any atom is -0.481 e. The van der Waals surface area contributed by atoms with Gasteiger partial charge in [0, 0.05) is 18.8 Å². The highest BCUT2D eigenvalue weighted by atomic mass is 19.1. The van der Waals surface area contributed by atoms with Crippen molar-refractivity contribution < 1.29 is 19.1 Å². The van der Waals surface area contributed by atoms with Crippen molar-refractivity contribution in [1.82, 2.24) is 25.1 Å².